The smallest absolute Gasteiger partial charge is 0.0484 e. The third-order valence-electron chi connectivity index (χ3n) is 3.62. The van der Waals surface area contributed by atoms with Gasteiger partial charge in [-0.1, -0.05) is 47.3 Å². The average Bonchev–Trinajstić information content (AvgIpc) is 2.41. The van der Waals surface area contributed by atoms with Gasteiger partial charge in [-0.15, -0.1) is 0 Å². The molecule has 0 saturated carbocycles. The molecule has 0 amide bonds. The molecule has 0 spiro atoms. The lowest BCUT2D eigenvalue weighted by Gasteiger charge is -2.35. The Bertz CT molecular complexity index is 409. The Labute approximate surface area is 136 Å². The molecule has 1 aromatic rings. The monoisotopic (exact) mass is 360 g/mol. The molecule has 0 heterocycles. The van der Waals surface area contributed by atoms with Crippen LogP contribution in [-0.2, 0) is 0 Å². The van der Waals surface area contributed by atoms with Crippen LogP contribution in [0.15, 0.2) is 22.7 Å². The van der Waals surface area contributed by atoms with Crippen molar-refractivity contribution in [3.05, 3.63) is 33.3 Å². The van der Waals surface area contributed by atoms with Crippen LogP contribution in [-0.4, -0.2) is 24.0 Å². The van der Waals surface area contributed by atoms with Crippen LogP contribution in [0.1, 0.15) is 51.6 Å². The second-order valence-electron chi connectivity index (χ2n) is 5.46. The quantitative estimate of drug-likeness (QED) is 0.660. The van der Waals surface area contributed by atoms with Crippen LogP contribution in [0.3, 0.4) is 0 Å². The lowest BCUT2D eigenvalue weighted by Crippen LogP contribution is -2.39. The predicted molar refractivity (Wildman–Crippen MR) is 92.3 cm³/mol. The van der Waals surface area contributed by atoms with Crippen LogP contribution >= 0.6 is 27.5 Å². The van der Waals surface area contributed by atoms with Gasteiger partial charge in [-0.25, -0.2) is 0 Å². The molecule has 0 aromatic heterocycles. The summed E-state index contributed by atoms with van der Waals surface area (Å²) in [5.74, 6) is 0. The molecule has 0 aliphatic rings. The lowest BCUT2D eigenvalue weighted by molar-refractivity contribution is 0.153. The summed E-state index contributed by atoms with van der Waals surface area (Å²) in [4.78, 5) is 2.48. The van der Waals surface area contributed by atoms with Gasteiger partial charge >= 0.3 is 0 Å². The van der Waals surface area contributed by atoms with Crippen LogP contribution in [0, 0.1) is 0 Å². The summed E-state index contributed by atoms with van der Waals surface area (Å²) in [7, 11) is 0. The number of hydrogen-bond acceptors (Lipinski definition) is 2. The Morgan fingerprint density at radius 2 is 2.00 bits per heavy atom. The molecule has 0 radical (unpaired) electrons. The van der Waals surface area contributed by atoms with E-state index in [0.29, 0.717) is 12.6 Å². The van der Waals surface area contributed by atoms with Crippen molar-refractivity contribution in [3.8, 4) is 0 Å². The van der Waals surface area contributed by atoms with E-state index in [1.54, 1.807) is 0 Å². The van der Waals surface area contributed by atoms with E-state index in [4.69, 9.17) is 17.3 Å². The van der Waals surface area contributed by atoms with E-state index in [2.05, 4.69) is 41.6 Å². The van der Waals surface area contributed by atoms with Crippen molar-refractivity contribution in [2.24, 2.45) is 5.73 Å². The first kappa shape index (κ1) is 18.0. The molecule has 114 valence electrons. The minimum Gasteiger partial charge on any atom is -0.329 e. The van der Waals surface area contributed by atoms with E-state index >= 15 is 0 Å². The molecular weight excluding hydrogens is 336 g/mol. The third kappa shape index (κ3) is 5.03. The standard InChI is InChI=1S/C16H26BrClN2/c1-4-5-6-9-20(12(2)3)16(11-19)14-10-13(18)7-8-15(14)17/h7-8,10,12,16H,4-6,9,11,19H2,1-3H3. The molecule has 2 N–H and O–H groups in total. The number of rotatable bonds is 8. The maximum Gasteiger partial charge on any atom is 0.0484 e. The summed E-state index contributed by atoms with van der Waals surface area (Å²) in [5, 5.41) is 0.763. The molecule has 2 nitrogen and oxygen atoms in total. The number of halogens is 2. The van der Waals surface area contributed by atoms with Gasteiger partial charge in [0.2, 0.25) is 0 Å². The van der Waals surface area contributed by atoms with Gasteiger partial charge in [-0.3, -0.25) is 4.90 Å². The summed E-state index contributed by atoms with van der Waals surface area (Å²) < 4.78 is 1.08. The van der Waals surface area contributed by atoms with E-state index in [-0.39, 0.29) is 6.04 Å². The Morgan fingerprint density at radius 1 is 1.30 bits per heavy atom. The van der Waals surface area contributed by atoms with Crippen molar-refractivity contribution in [3.63, 3.8) is 0 Å². The minimum atomic E-state index is 0.208. The zero-order chi connectivity index (χ0) is 15.1. The molecule has 0 aliphatic heterocycles. The zero-order valence-corrected chi connectivity index (χ0v) is 15.0. The molecule has 1 atom stereocenters. The largest absolute Gasteiger partial charge is 0.329 e. The normalized spacial score (nSPS) is 13.2. The predicted octanol–water partition coefficient (Wildman–Crippen LogP) is 5.00. The first-order valence-corrected chi connectivity index (χ1v) is 8.59. The van der Waals surface area contributed by atoms with Crippen molar-refractivity contribution in [2.75, 3.05) is 13.1 Å². The highest BCUT2D eigenvalue weighted by molar-refractivity contribution is 9.10. The fraction of sp³-hybridized carbons (Fsp3) is 0.625. The molecule has 1 unspecified atom stereocenters. The van der Waals surface area contributed by atoms with Crippen LogP contribution in [0.2, 0.25) is 5.02 Å². The van der Waals surface area contributed by atoms with Crippen molar-refractivity contribution >= 4 is 27.5 Å². The van der Waals surface area contributed by atoms with Crippen molar-refractivity contribution < 1.29 is 0 Å². The fourth-order valence-corrected chi connectivity index (χ4v) is 3.22. The Morgan fingerprint density at radius 3 is 2.55 bits per heavy atom. The summed E-state index contributed by atoms with van der Waals surface area (Å²) in [6.07, 6.45) is 3.71. The van der Waals surface area contributed by atoms with Crippen LogP contribution in [0.25, 0.3) is 0 Å². The highest BCUT2D eigenvalue weighted by Crippen LogP contribution is 2.31. The molecule has 1 aromatic carbocycles. The van der Waals surface area contributed by atoms with Gasteiger partial charge < -0.3 is 5.73 Å². The summed E-state index contributed by atoms with van der Waals surface area (Å²) in [6.45, 7) is 8.36. The second kappa shape index (κ2) is 9.04. The van der Waals surface area contributed by atoms with Gasteiger partial charge in [0.1, 0.15) is 0 Å². The summed E-state index contributed by atoms with van der Waals surface area (Å²) in [6, 6.07) is 6.61. The highest BCUT2D eigenvalue weighted by Gasteiger charge is 2.23. The number of nitrogens with zero attached hydrogens (tertiary/aromatic N) is 1. The van der Waals surface area contributed by atoms with Crippen LogP contribution < -0.4 is 5.73 Å². The Kier molecular flexibility index (Phi) is 8.11. The number of unbranched alkanes of at least 4 members (excludes halogenated alkanes) is 2. The first-order chi connectivity index (χ1) is 9.51. The van der Waals surface area contributed by atoms with Gasteiger partial charge in [-0.2, -0.15) is 0 Å². The second-order valence-corrected chi connectivity index (χ2v) is 6.75. The van der Waals surface area contributed by atoms with Gasteiger partial charge in [0.15, 0.2) is 0 Å². The molecule has 0 aliphatic carbocycles. The average molecular weight is 362 g/mol. The number of nitrogens with two attached hydrogens (primary N) is 1. The van der Waals surface area contributed by atoms with Crippen LogP contribution in [0.5, 0.6) is 0 Å². The van der Waals surface area contributed by atoms with Crippen molar-refractivity contribution in [2.45, 2.75) is 52.1 Å². The topological polar surface area (TPSA) is 29.3 Å². The molecule has 0 bridgehead atoms. The number of hydrogen-bond donors (Lipinski definition) is 1. The summed E-state index contributed by atoms with van der Waals surface area (Å²) in [5.41, 5.74) is 7.25. The maximum absolute atomic E-state index is 6.15. The van der Waals surface area contributed by atoms with Crippen molar-refractivity contribution in [1.82, 2.24) is 4.90 Å². The summed E-state index contributed by atoms with van der Waals surface area (Å²) >= 11 is 9.78. The minimum absolute atomic E-state index is 0.208. The van der Waals surface area contributed by atoms with Gasteiger partial charge in [0.05, 0.1) is 0 Å². The highest BCUT2D eigenvalue weighted by atomic mass is 79.9. The van der Waals surface area contributed by atoms with E-state index in [1.807, 2.05) is 18.2 Å². The molecule has 0 saturated heterocycles. The molecule has 0 fully saturated rings. The molecule has 4 heteroatoms. The van der Waals surface area contributed by atoms with E-state index in [1.165, 1.54) is 24.8 Å². The van der Waals surface area contributed by atoms with E-state index in [9.17, 15) is 0 Å². The fourth-order valence-electron chi connectivity index (χ4n) is 2.53. The zero-order valence-electron chi connectivity index (χ0n) is 12.7. The lowest BCUT2D eigenvalue weighted by atomic mass is 10.0. The number of benzene rings is 1. The molecular formula is C16H26BrClN2. The van der Waals surface area contributed by atoms with Gasteiger partial charge in [-0.05, 0) is 50.6 Å². The Balaban J connectivity index is 2.97. The molecule has 20 heavy (non-hydrogen) atoms. The van der Waals surface area contributed by atoms with Crippen LogP contribution in [0.4, 0.5) is 0 Å². The third-order valence-corrected chi connectivity index (χ3v) is 4.58. The first-order valence-electron chi connectivity index (χ1n) is 7.42. The van der Waals surface area contributed by atoms with E-state index in [0.717, 1.165) is 16.0 Å². The van der Waals surface area contributed by atoms with Gasteiger partial charge in [0.25, 0.3) is 0 Å². The van der Waals surface area contributed by atoms with E-state index < -0.39 is 0 Å². The Hall–Kier alpha value is -0.0900. The van der Waals surface area contributed by atoms with Crippen molar-refractivity contribution in [1.29, 1.82) is 0 Å². The maximum atomic E-state index is 6.15. The SMILES string of the molecule is CCCCCN(C(C)C)C(CN)c1cc(Cl)ccc1Br. The molecule has 1 rings (SSSR count). The van der Waals surface area contributed by atoms with Gasteiger partial charge in [0, 0.05) is 28.1 Å².